The molecule has 1 aromatic heterocycles. The van der Waals surface area contributed by atoms with Gasteiger partial charge in [0.05, 0.1) is 11.0 Å². The zero-order chi connectivity index (χ0) is 19.5. The van der Waals surface area contributed by atoms with Gasteiger partial charge < -0.3 is 0 Å². The number of halogens is 1. The molecule has 0 amide bonds. The zero-order valence-corrected chi connectivity index (χ0v) is 16.9. The highest BCUT2D eigenvalue weighted by molar-refractivity contribution is 6.32. The van der Waals surface area contributed by atoms with Gasteiger partial charge in [0.25, 0.3) is 0 Å². The highest BCUT2D eigenvalue weighted by Gasteiger charge is 2.28. The molecule has 0 radical (unpaired) electrons. The minimum absolute atomic E-state index is 0.182. The van der Waals surface area contributed by atoms with E-state index in [1.54, 1.807) is 0 Å². The molecule has 3 nitrogen and oxygen atoms in total. The minimum Gasteiger partial charge on any atom is -0.294 e. The van der Waals surface area contributed by atoms with Crippen molar-refractivity contribution < 1.29 is 4.79 Å². The molecule has 0 unspecified atom stereocenters. The van der Waals surface area contributed by atoms with Crippen molar-refractivity contribution in [1.29, 1.82) is 0 Å². The maximum absolute atomic E-state index is 12.8. The second-order valence-corrected chi connectivity index (χ2v) is 8.67. The fourth-order valence-corrected chi connectivity index (χ4v) is 5.36. The van der Waals surface area contributed by atoms with E-state index in [-0.39, 0.29) is 5.91 Å². The molecule has 4 heteroatoms. The van der Waals surface area contributed by atoms with Gasteiger partial charge in [0.2, 0.25) is 5.91 Å². The van der Waals surface area contributed by atoms with Crippen LogP contribution in [0.5, 0.6) is 0 Å². The van der Waals surface area contributed by atoms with Crippen molar-refractivity contribution in [2.45, 2.75) is 32.4 Å². The normalized spacial score (nSPS) is 16.5. The zero-order valence-electron chi connectivity index (χ0n) is 16.1. The van der Waals surface area contributed by atoms with E-state index in [0.29, 0.717) is 11.4 Å². The highest BCUT2D eigenvalue weighted by Crippen LogP contribution is 2.41. The predicted molar refractivity (Wildman–Crippen MR) is 118 cm³/mol. The molecule has 144 valence electrons. The molecular weight excluding hydrogens is 380 g/mol. The predicted octanol–water partition coefficient (Wildman–Crippen LogP) is 5.59. The van der Waals surface area contributed by atoms with Crippen molar-refractivity contribution in [3.05, 3.63) is 81.9 Å². The van der Waals surface area contributed by atoms with E-state index in [0.717, 1.165) is 48.9 Å². The van der Waals surface area contributed by atoms with Crippen LogP contribution in [-0.2, 0) is 25.9 Å². The first-order valence-electron chi connectivity index (χ1n) is 10.3. The van der Waals surface area contributed by atoms with Gasteiger partial charge in [-0.2, -0.15) is 0 Å². The Bertz CT molecular complexity index is 1290. The summed E-state index contributed by atoms with van der Waals surface area (Å²) in [5.74, 6) is 0.182. The van der Waals surface area contributed by atoms with Crippen LogP contribution >= 0.6 is 11.6 Å². The van der Waals surface area contributed by atoms with E-state index in [2.05, 4.69) is 47.4 Å². The van der Waals surface area contributed by atoms with Gasteiger partial charge in [-0.05, 0) is 47.2 Å². The molecule has 3 heterocycles. The van der Waals surface area contributed by atoms with Crippen LogP contribution in [0.15, 0.2) is 54.6 Å². The maximum Gasteiger partial charge on any atom is 0.231 e. The monoisotopic (exact) mass is 400 g/mol. The van der Waals surface area contributed by atoms with E-state index < -0.39 is 0 Å². The molecule has 4 aromatic rings. The second kappa shape index (κ2) is 6.45. The van der Waals surface area contributed by atoms with Gasteiger partial charge >= 0.3 is 0 Å². The van der Waals surface area contributed by atoms with Crippen LogP contribution in [-0.4, -0.2) is 21.9 Å². The molecule has 0 bridgehead atoms. The molecule has 3 aromatic carbocycles. The summed E-state index contributed by atoms with van der Waals surface area (Å²) in [7, 11) is 0. The lowest BCUT2D eigenvalue weighted by Crippen LogP contribution is -2.30. The van der Waals surface area contributed by atoms with Crippen LogP contribution in [0.1, 0.15) is 33.5 Å². The van der Waals surface area contributed by atoms with Crippen molar-refractivity contribution in [2.75, 3.05) is 6.54 Å². The Morgan fingerprint density at radius 3 is 2.66 bits per heavy atom. The lowest BCUT2D eigenvalue weighted by atomic mass is 9.90. The van der Waals surface area contributed by atoms with E-state index >= 15 is 0 Å². The summed E-state index contributed by atoms with van der Waals surface area (Å²) in [6.07, 6.45) is 2.39. The first-order valence-corrected chi connectivity index (χ1v) is 10.6. The van der Waals surface area contributed by atoms with Gasteiger partial charge in [-0.1, -0.05) is 54.1 Å². The number of benzene rings is 3. The van der Waals surface area contributed by atoms with Gasteiger partial charge in [0, 0.05) is 41.9 Å². The Morgan fingerprint density at radius 1 is 0.931 bits per heavy atom. The first kappa shape index (κ1) is 17.3. The van der Waals surface area contributed by atoms with Gasteiger partial charge in [0.1, 0.15) is 0 Å². The lowest BCUT2D eigenvalue weighted by Gasteiger charge is -2.30. The van der Waals surface area contributed by atoms with Crippen molar-refractivity contribution in [2.24, 2.45) is 0 Å². The molecule has 2 aliphatic rings. The largest absolute Gasteiger partial charge is 0.294 e. The number of aryl methyl sites for hydroxylation is 1. The average molecular weight is 401 g/mol. The average Bonchev–Trinajstić information content (AvgIpc) is 3.07. The standard InChI is InChI=1S/C25H21ClN2O/c26-19-7-8-21-22(13-19)28-23(29)9-6-17-12-18-15-27(14-16-4-2-1-3-5-16)11-10-20(18)24(21)25(17)28/h1-5,7-8,12-13H,6,9-11,14-15H2. The topological polar surface area (TPSA) is 25.2 Å². The van der Waals surface area contributed by atoms with Gasteiger partial charge in [-0.15, -0.1) is 0 Å². The first-order chi connectivity index (χ1) is 14.2. The van der Waals surface area contributed by atoms with Gasteiger partial charge in [0.15, 0.2) is 0 Å². The molecule has 0 saturated heterocycles. The molecule has 0 N–H and O–H groups in total. The van der Waals surface area contributed by atoms with Crippen LogP contribution in [0.25, 0.3) is 21.8 Å². The Morgan fingerprint density at radius 2 is 1.79 bits per heavy atom. The summed E-state index contributed by atoms with van der Waals surface area (Å²) < 4.78 is 1.92. The number of fused-ring (bicyclic) bond motifs is 5. The number of hydrogen-bond donors (Lipinski definition) is 0. The van der Waals surface area contributed by atoms with Crippen molar-refractivity contribution in [3.8, 4) is 0 Å². The third-order valence-electron chi connectivity index (χ3n) is 6.45. The third kappa shape index (κ3) is 2.65. The molecule has 2 aliphatic heterocycles. The summed E-state index contributed by atoms with van der Waals surface area (Å²) in [5, 5.41) is 3.12. The Hall–Kier alpha value is -2.62. The fourth-order valence-electron chi connectivity index (χ4n) is 5.19. The highest BCUT2D eigenvalue weighted by atomic mass is 35.5. The quantitative estimate of drug-likeness (QED) is 0.438. The van der Waals surface area contributed by atoms with Crippen LogP contribution in [0, 0.1) is 0 Å². The van der Waals surface area contributed by atoms with Crippen molar-refractivity contribution >= 4 is 39.3 Å². The summed E-state index contributed by atoms with van der Waals surface area (Å²) in [5.41, 5.74) is 7.56. The van der Waals surface area contributed by atoms with E-state index in [1.807, 2.05) is 16.7 Å². The molecule has 0 aliphatic carbocycles. The van der Waals surface area contributed by atoms with Crippen molar-refractivity contribution in [1.82, 2.24) is 9.47 Å². The molecule has 0 saturated carbocycles. The third-order valence-corrected chi connectivity index (χ3v) is 6.69. The Kier molecular flexibility index (Phi) is 3.84. The minimum atomic E-state index is 0.182. The number of rotatable bonds is 2. The molecule has 29 heavy (non-hydrogen) atoms. The van der Waals surface area contributed by atoms with E-state index in [4.69, 9.17) is 11.6 Å². The van der Waals surface area contributed by atoms with Gasteiger partial charge in [-0.25, -0.2) is 0 Å². The SMILES string of the molecule is O=C1CCc2cc3c(c4c5ccc(Cl)cc5n1c24)CCN(Cc1ccccc1)C3. The maximum atomic E-state index is 12.8. The lowest BCUT2D eigenvalue weighted by molar-refractivity contribution is 0.0908. The summed E-state index contributed by atoms with van der Waals surface area (Å²) in [6.45, 7) is 2.97. The number of carbonyl (C=O) groups is 1. The van der Waals surface area contributed by atoms with E-state index in [1.165, 1.54) is 27.6 Å². The van der Waals surface area contributed by atoms with E-state index in [9.17, 15) is 4.79 Å². The summed E-state index contributed by atoms with van der Waals surface area (Å²) in [4.78, 5) is 15.3. The van der Waals surface area contributed by atoms with Crippen LogP contribution in [0.2, 0.25) is 5.02 Å². The van der Waals surface area contributed by atoms with Crippen molar-refractivity contribution in [3.63, 3.8) is 0 Å². The molecule has 0 atom stereocenters. The van der Waals surface area contributed by atoms with Gasteiger partial charge in [-0.3, -0.25) is 14.3 Å². The Balaban J connectivity index is 1.53. The Labute approximate surface area is 174 Å². The smallest absolute Gasteiger partial charge is 0.231 e. The number of aromatic nitrogens is 1. The molecule has 0 fully saturated rings. The summed E-state index contributed by atoms with van der Waals surface area (Å²) >= 11 is 6.29. The number of hydrogen-bond acceptors (Lipinski definition) is 2. The number of carbonyl (C=O) groups excluding carboxylic acids is 1. The molecule has 0 spiro atoms. The second-order valence-electron chi connectivity index (χ2n) is 8.23. The molecular formula is C25H21ClN2O. The number of nitrogens with zero attached hydrogens (tertiary/aromatic N) is 2. The molecule has 6 rings (SSSR count). The van der Waals surface area contributed by atoms with Crippen LogP contribution < -0.4 is 0 Å². The summed E-state index contributed by atoms with van der Waals surface area (Å²) in [6, 6.07) is 19.0. The van der Waals surface area contributed by atoms with Crippen LogP contribution in [0.3, 0.4) is 0 Å². The fraction of sp³-hybridized carbons (Fsp3) is 0.240. The van der Waals surface area contributed by atoms with Crippen LogP contribution in [0.4, 0.5) is 0 Å².